The van der Waals surface area contributed by atoms with Gasteiger partial charge < -0.3 is 20.3 Å². The lowest BCUT2D eigenvalue weighted by molar-refractivity contribution is -0.119. The predicted octanol–water partition coefficient (Wildman–Crippen LogP) is 2.60. The lowest BCUT2D eigenvalue weighted by atomic mass is 10.2. The number of pyridine rings is 2. The van der Waals surface area contributed by atoms with Crippen molar-refractivity contribution in [2.24, 2.45) is 0 Å². The van der Waals surface area contributed by atoms with Crippen LogP contribution in [0.25, 0.3) is 11.0 Å². The van der Waals surface area contributed by atoms with Crippen LogP contribution < -0.4 is 26.0 Å². The van der Waals surface area contributed by atoms with E-state index in [0.29, 0.717) is 22.7 Å². The number of hydrogen-bond acceptors (Lipinski definition) is 8. The molecule has 0 bridgehead atoms. The van der Waals surface area contributed by atoms with Crippen molar-refractivity contribution >= 4 is 46.0 Å². The van der Waals surface area contributed by atoms with Crippen LogP contribution in [-0.2, 0) is 22.6 Å². The number of fused-ring (bicyclic) bond motifs is 3. The highest BCUT2D eigenvalue weighted by Crippen LogP contribution is 2.31. The molecule has 12 nitrogen and oxygen atoms in total. The molecule has 1 fully saturated rings. The zero-order valence-electron chi connectivity index (χ0n) is 22.0. The van der Waals surface area contributed by atoms with Crippen molar-refractivity contribution in [3.63, 3.8) is 0 Å². The number of carbonyl (C=O) groups excluding carboxylic acids is 2. The van der Waals surface area contributed by atoms with Crippen LogP contribution in [0.3, 0.4) is 0 Å². The molecular weight excluding hydrogens is 538 g/mol. The smallest absolute Gasteiger partial charge is 0.414 e. The molecule has 1 saturated heterocycles. The van der Waals surface area contributed by atoms with Gasteiger partial charge in [-0.25, -0.2) is 28.2 Å². The molecule has 0 radical (unpaired) electrons. The largest absolute Gasteiger partial charge is 0.442 e. The summed E-state index contributed by atoms with van der Waals surface area (Å²) in [7, 11) is 0. The summed E-state index contributed by atoms with van der Waals surface area (Å²) in [6.45, 7) is 2.29. The van der Waals surface area contributed by atoms with E-state index in [4.69, 9.17) is 4.74 Å². The van der Waals surface area contributed by atoms with Gasteiger partial charge in [0, 0.05) is 38.3 Å². The van der Waals surface area contributed by atoms with Crippen molar-refractivity contribution in [3.8, 4) is 0 Å². The van der Waals surface area contributed by atoms with E-state index in [9.17, 15) is 14.4 Å². The molecule has 41 heavy (non-hydrogen) atoms. The Balaban J connectivity index is 1.22. The van der Waals surface area contributed by atoms with Gasteiger partial charge in [0.1, 0.15) is 23.4 Å². The molecule has 2 N–H and O–H groups in total. The van der Waals surface area contributed by atoms with Gasteiger partial charge in [-0.3, -0.25) is 19.2 Å². The van der Waals surface area contributed by atoms with Gasteiger partial charge in [-0.1, -0.05) is 6.07 Å². The second-order valence-electron chi connectivity index (χ2n) is 9.76. The summed E-state index contributed by atoms with van der Waals surface area (Å²) in [6.07, 6.45) is 0.257. The Morgan fingerprint density at radius 1 is 1.02 bits per heavy atom. The fourth-order valence-corrected chi connectivity index (χ4v) is 5.13. The molecule has 0 saturated carbocycles. The fourth-order valence-electron chi connectivity index (χ4n) is 5.13. The third-order valence-corrected chi connectivity index (χ3v) is 7.04. The van der Waals surface area contributed by atoms with Crippen molar-refractivity contribution < 1.29 is 23.1 Å². The lowest BCUT2D eigenvalue weighted by Crippen LogP contribution is -2.33. The number of aromatic nitrogens is 4. The molecule has 4 aromatic rings. The van der Waals surface area contributed by atoms with E-state index in [1.807, 2.05) is 6.07 Å². The van der Waals surface area contributed by atoms with Crippen molar-refractivity contribution in [2.75, 3.05) is 41.3 Å². The summed E-state index contributed by atoms with van der Waals surface area (Å²) < 4.78 is 39.2. The fraction of sp³-hybridized carbons (Fsp3) is 0.296. The number of halogens is 2. The highest BCUT2D eigenvalue weighted by Gasteiger charge is 2.34. The molecule has 3 aromatic heterocycles. The van der Waals surface area contributed by atoms with Crippen molar-refractivity contribution in [1.82, 2.24) is 24.6 Å². The molecule has 14 heteroatoms. The molecule has 0 unspecified atom stereocenters. The summed E-state index contributed by atoms with van der Waals surface area (Å²) in [6, 6.07) is 11.0. The van der Waals surface area contributed by atoms with Gasteiger partial charge in [0.25, 0.3) is 5.56 Å². The van der Waals surface area contributed by atoms with Crippen LogP contribution in [0.1, 0.15) is 6.92 Å². The van der Waals surface area contributed by atoms with Gasteiger partial charge in [-0.2, -0.15) is 0 Å². The molecule has 5 heterocycles. The molecule has 2 aliphatic heterocycles. The molecular formula is C27H26F2N8O4. The zero-order chi connectivity index (χ0) is 28.7. The van der Waals surface area contributed by atoms with Crippen LogP contribution in [-0.4, -0.2) is 63.6 Å². The number of carbonyl (C=O) groups is 2. The molecule has 6 rings (SSSR count). The van der Waals surface area contributed by atoms with E-state index in [1.165, 1.54) is 16.5 Å². The maximum atomic E-state index is 15.4. The maximum Gasteiger partial charge on any atom is 0.414 e. The number of amides is 2. The third kappa shape index (κ3) is 5.03. The Hall–Kier alpha value is -5.01. The highest BCUT2D eigenvalue weighted by molar-refractivity contribution is 5.90. The molecule has 0 spiro atoms. The summed E-state index contributed by atoms with van der Waals surface area (Å²) >= 11 is 0. The summed E-state index contributed by atoms with van der Waals surface area (Å²) in [5.74, 6) is -0.866. The Morgan fingerprint density at radius 3 is 2.49 bits per heavy atom. The average molecular weight is 565 g/mol. The minimum absolute atomic E-state index is 0.0134. The average Bonchev–Trinajstić information content (AvgIpc) is 3.34. The highest BCUT2D eigenvalue weighted by atomic mass is 19.1. The van der Waals surface area contributed by atoms with Gasteiger partial charge in [-0.15, -0.1) is 0 Å². The second-order valence-corrected chi connectivity index (χ2v) is 9.76. The SMILES string of the molecule is CC(=O)NC[C@H]1CN(c2cc(F)c(N3CCn4c(=O)c5ccc(Nc6ccccn6)nc5n4CC3)c(F)c2)C(=O)O1. The minimum Gasteiger partial charge on any atom is -0.442 e. The number of nitrogens with one attached hydrogen (secondary N) is 2. The zero-order valence-corrected chi connectivity index (χ0v) is 22.0. The van der Waals surface area contributed by atoms with E-state index < -0.39 is 23.8 Å². The van der Waals surface area contributed by atoms with E-state index in [2.05, 4.69) is 20.6 Å². The van der Waals surface area contributed by atoms with Crippen molar-refractivity contribution in [3.05, 3.63) is 70.6 Å². The van der Waals surface area contributed by atoms with Crippen LogP contribution in [0.4, 0.5) is 36.6 Å². The van der Waals surface area contributed by atoms with Gasteiger partial charge in [0.15, 0.2) is 17.3 Å². The molecule has 2 amide bonds. The molecule has 0 aliphatic carbocycles. The second kappa shape index (κ2) is 10.5. The van der Waals surface area contributed by atoms with E-state index in [1.54, 1.807) is 35.1 Å². The molecule has 212 valence electrons. The number of hydrogen-bond donors (Lipinski definition) is 2. The van der Waals surface area contributed by atoms with Crippen LogP contribution in [0.5, 0.6) is 0 Å². The van der Waals surface area contributed by atoms with E-state index >= 15 is 8.78 Å². The van der Waals surface area contributed by atoms with Gasteiger partial charge >= 0.3 is 6.09 Å². The summed E-state index contributed by atoms with van der Waals surface area (Å²) in [4.78, 5) is 48.1. The lowest BCUT2D eigenvalue weighted by Gasteiger charge is -2.24. The maximum absolute atomic E-state index is 15.4. The van der Waals surface area contributed by atoms with Crippen molar-refractivity contribution in [1.29, 1.82) is 0 Å². The quantitative estimate of drug-likeness (QED) is 0.366. The van der Waals surface area contributed by atoms with E-state index in [0.717, 1.165) is 17.0 Å². The number of nitrogens with zero attached hydrogens (tertiary/aromatic N) is 6. The monoisotopic (exact) mass is 564 g/mol. The van der Waals surface area contributed by atoms with Gasteiger partial charge in [0.05, 0.1) is 37.3 Å². The van der Waals surface area contributed by atoms with Crippen LogP contribution in [0.15, 0.2) is 53.5 Å². The number of anilines is 4. The van der Waals surface area contributed by atoms with Crippen LogP contribution in [0, 0.1) is 11.6 Å². The normalized spacial score (nSPS) is 16.9. The first-order valence-corrected chi connectivity index (χ1v) is 13.0. The summed E-state index contributed by atoms with van der Waals surface area (Å²) in [5, 5.41) is 6.12. The number of rotatable bonds is 6. The van der Waals surface area contributed by atoms with Gasteiger partial charge in [-0.05, 0) is 24.3 Å². The Labute approximate surface area is 232 Å². The van der Waals surface area contributed by atoms with Crippen LogP contribution >= 0.6 is 0 Å². The first-order chi connectivity index (χ1) is 19.8. The molecule has 1 atom stereocenters. The number of ether oxygens (including phenoxy) is 1. The molecule has 2 aliphatic rings. The number of cyclic esters (lactones) is 1. The van der Waals surface area contributed by atoms with Gasteiger partial charge in [0.2, 0.25) is 5.91 Å². The predicted molar refractivity (Wildman–Crippen MR) is 146 cm³/mol. The number of benzene rings is 1. The topological polar surface area (TPSA) is 127 Å². The third-order valence-electron chi connectivity index (χ3n) is 7.04. The first kappa shape index (κ1) is 26.2. The Morgan fingerprint density at radius 2 is 1.78 bits per heavy atom. The molecule has 1 aromatic carbocycles. The van der Waals surface area contributed by atoms with Crippen LogP contribution in [0.2, 0.25) is 0 Å². The first-order valence-electron chi connectivity index (χ1n) is 13.0. The summed E-state index contributed by atoms with van der Waals surface area (Å²) in [5.41, 5.74) is -0.0176. The minimum atomic E-state index is -0.845. The Bertz CT molecular complexity index is 1680. The van der Waals surface area contributed by atoms with E-state index in [-0.39, 0.29) is 62.1 Å². The Kier molecular flexibility index (Phi) is 6.73. The standard InChI is InChI=1S/C27H26F2N8O4/c1-16(38)31-14-18-15-35(27(40)41-18)17-12-20(28)24(21(29)13-17)34-8-10-36-25-19(26(39)37(36)11-9-34)5-6-23(33-25)32-22-4-2-3-7-30-22/h2-7,12-13,18H,8-11,14-15H2,1H3,(H,31,38)(H,30,32,33)/t18-/m0/s1. The van der Waals surface area contributed by atoms with Crippen molar-refractivity contribution in [2.45, 2.75) is 26.1 Å².